The molecule has 7 nitrogen and oxygen atoms in total. The van der Waals surface area contributed by atoms with Gasteiger partial charge in [-0.05, 0) is 24.3 Å². The van der Waals surface area contributed by atoms with E-state index in [1.807, 2.05) is 0 Å². The zero-order valence-corrected chi connectivity index (χ0v) is 12.4. The SMILES string of the molecule is NCCn1c(=O)n(S(=O)(=O)c2ccccc2)c2cccnc21. The monoisotopic (exact) mass is 318 g/mol. The van der Waals surface area contributed by atoms with Gasteiger partial charge < -0.3 is 5.73 Å². The molecule has 0 saturated carbocycles. The predicted molar refractivity (Wildman–Crippen MR) is 82.1 cm³/mol. The van der Waals surface area contributed by atoms with Gasteiger partial charge in [0.2, 0.25) is 0 Å². The standard InChI is InChI=1S/C14H14N4O3S/c15-8-10-17-13-12(7-4-9-16-13)18(14(17)19)22(20,21)11-5-2-1-3-6-11/h1-7,9H,8,10,15H2. The van der Waals surface area contributed by atoms with Gasteiger partial charge in [0.05, 0.1) is 4.90 Å². The van der Waals surface area contributed by atoms with Gasteiger partial charge in [0, 0.05) is 19.3 Å². The molecular weight excluding hydrogens is 304 g/mol. The molecule has 0 atom stereocenters. The first kappa shape index (κ1) is 14.5. The number of nitrogens with zero attached hydrogens (tertiary/aromatic N) is 3. The van der Waals surface area contributed by atoms with E-state index in [1.165, 1.54) is 22.9 Å². The molecule has 2 heterocycles. The van der Waals surface area contributed by atoms with Gasteiger partial charge in [-0.25, -0.2) is 18.2 Å². The van der Waals surface area contributed by atoms with Gasteiger partial charge in [-0.1, -0.05) is 18.2 Å². The lowest BCUT2D eigenvalue weighted by molar-refractivity contribution is 0.583. The fraction of sp³-hybridized carbons (Fsp3) is 0.143. The molecule has 0 amide bonds. The van der Waals surface area contributed by atoms with Crippen LogP contribution in [0.5, 0.6) is 0 Å². The van der Waals surface area contributed by atoms with Crippen molar-refractivity contribution < 1.29 is 8.42 Å². The van der Waals surface area contributed by atoms with E-state index in [0.29, 0.717) is 5.65 Å². The highest BCUT2D eigenvalue weighted by Gasteiger charge is 2.25. The minimum absolute atomic E-state index is 0.0488. The summed E-state index contributed by atoms with van der Waals surface area (Å²) in [6.07, 6.45) is 1.51. The molecule has 0 radical (unpaired) electrons. The fourth-order valence-electron chi connectivity index (χ4n) is 2.32. The van der Waals surface area contributed by atoms with Crippen LogP contribution in [-0.4, -0.2) is 28.5 Å². The Morgan fingerprint density at radius 3 is 2.50 bits per heavy atom. The van der Waals surface area contributed by atoms with Crippen molar-refractivity contribution in [1.82, 2.24) is 13.5 Å². The maximum absolute atomic E-state index is 12.8. The molecule has 0 aliphatic rings. The smallest absolute Gasteiger partial charge is 0.329 e. The highest BCUT2D eigenvalue weighted by molar-refractivity contribution is 7.90. The summed E-state index contributed by atoms with van der Waals surface area (Å²) in [5.74, 6) is 0. The second-order valence-corrected chi connectivity index (χ2v) is 6.44. The van der Waals surface area contributed by atoms with Crippen LogP contribution in [0.15, 0.2) is 58.4 Å². The number of hydrogen-bond acceptors (Lipinski definition) is 5. The van der Waals surface area contributed by atoms with Gasteiger partial charge in [-0.2, -0.15) is 3.97 Å². The van der Waals surface area contributed by atoms with E-state index < -0.39 is 15.7 Å². The Morgan fingerprint density at radius 2 is 1.82 bits per heavy atom. The first-order valence-corrected chi connectivity index (χ1v) is 8.08. The Bertz CT molecular complexity index is 974. The van der Waals surface area contributed by atoms with Gasteiger partial charge in [0.25, 0.3) is 10.0 Å². The normalized spacial score (nSPS) is 11.9. The maximum atomic E-state index is 12.8. The molecule has 0 aliphatic heterocycles. The molecule has 22 heavy (non-hydrogen) atoms. The van der Waals surface area contributed by atoms with E-state index in [1.54, 1.807) is 30.3 Å². The van der Waals surface area contributed by atoms with Gasteiger partial charge in [-0.3, -0.25) is 4.57 Å². The van der Waals surface area contributed by atoms with Crippen LogP contribution in [0.3, 0.4) is 0 Å². The summed E-state index contributed by atoms with van der Waals surface area (Å²) in [5, 5.41) is 0. The molecule has 0 spiro atoms. The third-order valence-electron chi connectivity index (χ3n) is 3.28. The van der Waals surface area contributed by atoms with Crippen molar-refractivity contribution in [2.24, 2.45) is 5.73 Å². The number of benzene rings is 1. The minimum atomic E-state index is -3.99. The maximum Gasteiger partial charge on any atom is 0.344 e. The molecule has 0 bridgehead atoms. The van der Waals surface area contributed by atoms with Crippen LogP contribution < -0.4 is 11.4 Å². The first-order valence-electron chi connectivity index (χ1n) is 6.64. The summed E-state index contributed by atoms with van der Waals surface area (Å²) in [6.45, 7) is 0.407. The van der Waals surface area contributed by atoms with Crippen LogP contribution >= 0.6 is 0 Å². The average Bonchev–Trinajstić information content (AvgIpc) is 2.82. The molecule has 0 aliphatic carbocycles. The van der Waals surface area contributed by atoms with Crippen LogP contribution in [0.2, 0.25) is 0 Å². The number of nitrogens with two attached hydrogens (primary N) is 1. The van der Waals surface area contributed by atoms with Crippen molar-refractivity contribution in [1.29, 1.82) is 0 Å². The Balaban J connectivity index is 2.37. The molecule has 2 aromatic heterocycles. The Labute approximate surface area is 126 Å². The summed E-state index contributed by atoms with van der Waals surface area (Å²) in [4.78, 5) is 16.7. The zero-order valence-electron chi connectivity index (χ0n) is 11.6. The van der Waals surface area contributed by atoms with Crippen LogP contribution in [-0.2, 0) is 16.6 Å². The molecular formula is C14H14N4O3S. The highest BCUT2D eigenvalue weighted by Crippen LogP contribution is 2.17. The summed E-state index contributed by atoms with van der Waals surface area (Å²) in [5.41, 5.74) is 5.38. The minimum Gasteiger partial charge on any atom is -0.329 e. The highest BCUT2D eigenvalue weighted by atomic mass is 32.2. The van der Waals surface area contributed by atoms with Crippen LogP contribution in [0.4, 0.5) is 0 Å². The van der Waals surface area contributed by atoms with Gasteiger partial charge in [-0.15, -0.1) is 0 Å². The number of hydrogen-bond donors (Lipinski definition) is 1. The van der Waals surface area contributed by atoms with Crippen LogP contribution in [0.1, 0.15) is 0 Å². The second-order valence-electron chi connectivity index (χ2n) is 4.65. The molecule has 3 rings (SSSR count). The third-order valence-corrected chi connectivity index (χ3v) is 4.98. The predicted octanol–water partition coefficient (Wildman–Crippen LogP) is 0.394. The van der Waals surface area contributed by atoms with E-state index in [4.69, 9.17) is 5.73 Å². The molecule has 0 fully saturated rings. The van der Waals surface area contributed by atoms with Crippen LogP contribution in [0, 0.1) is 0 Å². The lowest BCUT2D eigenvalue weighted by atomic mass is 10.4. The van der Waals surface area contributed by atoms with E-state index in [-0.39, 0.29) is 23.5 Å². The summed E-state index contributed by atoms with van der Waals surface area (Å²) in [6, 6.07) is 11.0. The van der Waals surface area contributed by atoms with Crippen molar-refractivity contribution in [3.63, 3.8) is 0 Å². The van der Waals surface area contributed by atoms with E-state index in [0.717, 1.165) is 3.97 Å². The number of imidazole rings is 1. The first-order chi connectivity index (χ1) is 10.6. The molecule has 3 aromatic rings. The topological polar surface area (TPSA) is 100.0 Å². The molecule has 1 aromatic carbocycles. The summed E-state index contributed by atoms with van der Waals surface area (Å²) >= 11 is 0. The van der Waals surface area contributed by atoms with Crippen molar-refractivity contribution >= 4 is 21.2 Å². The quantitative estimate of drug-likeness (QED) is 0.750. The Hall–Kier alpha value is -2.45. The van der Waals surface area contributed by atoms with Crippen molar-refractivity contribution in [2.75, 3.05) is 6.54 Å². The van der Waals surface area contributed by atoms with Crippen molar-refractivity contribution in [2.45, 2.75) is 11.4 Å². The zero-order chi connectivity index (χ0) is 15.7. The van der Waals surface area contributed by atoms with Crippen molar-refractivity contribution in [3.8, 4) is 0 Å². The van der Waals surface area contributed by atoms with E-state index >= 15 is 0 Å². The fourth-order valence-corrected chi connectivity index (χ4v) is 3.74. The molecule has 114 valence electrons. The Kier molecular flexibility index (Phi) is 3.55. The van der Waals surface area contributed by atoms with Crippen molar-refractivity contribution in [3.05, 3.63) is 59.1 Å². The number of fused-ring (bicyclic) bond motifs is 1. The Morgan fingerprint density at radius 1 is 1.09 bits per heavy atom. The second kappa shape index (κ2) is 5.39. The lowest BCUT2D eigenvalue weighted by Crippen LogP contribution is -2.31. The van der Waals surface area contributed by atoms with Gasteiger partial charge >= 0.3 is 5.69 Å². The third kappa shape index (κ3) is 2.13. The summed E-state index contributed by atoms with van der Waals surface area (Å²) < 4.78 is 27.6. The van der Waals surface area contributed by atoms with E-state index in [2.05, 4.69) is 4.98 Å². The van der Waals surface area contributed by atoms with Crippen LogP contribution in [0.25, 0.3) is 11.2 Å². The summed E-state index contributed by atoms with van der Waals surface area (Å²) in [7, 11) is -3.99. The average molecular weight is 318 g/mol. The van der Waals surface area contributed by atoms with Gasteiger partial charge in [0.1, 0.15) is 5.52 Å². The lowest BCUT2D eigenvalue weighted by Gasteiger charge is -2.05. The van der Waals surface area contributed by atoms with Gasteiger partial charge in [0.15, 0.2) is 5.65 Å². The molecule has 0 saturated heterocycles. The number of pyridine rings is 1. The largest absolute Gasteiger partial charge is 0.344 e. The number of rotatable bonds is 4. The molecule has 8 heteroatoms. The molecule has 0 unspecified atom stereocenters. The number of aromatic nitrogens is 3. The molecule has 2 N–H and O–H groups in total. The van der Waals surface area contributed by atoms with E-state index in [9.17, 15) is 13.2 Å².